The second-order valence-electron chi connectivity index (χ2n) is 4.01. The summed E-state index contributed by atoms with van der Waals surface area (Å²) in [6.45, 7) is 4.00. The van der Waals surface area contributed by atoms with E-state index in [1.54, 1.807) is 6.20 Å². The Kier molecular flexibility index (Phi) is 3.38. The van der Waals surface area contributed by atoms with Gasteiger partial charge in [-0.2, -0.15) is 0 Å². The van der Waals surface area contributed by atoms with E-state index in [-0.39, 0.29) is 11.5 Å². The minimum Gasteiger partial charge on any atom is -0.305 e. The molecule has 0 aliphatic rings. The van der Waals surface area contributed by atoms with Crippen LogP contribution >= 0.6 is 15.9 Å². The minimum atomic E-state index is -0.156. The number of nitrogens with one attached hydrogen (secondary N) is 1. The number of rotatable bonds is 2. The lowest BCUT2D eigenvalue weighted by atomic mass is 10.1. The van der Waals surface area contributed by atoms with Crippen molar-refractivity contribution in [3.63, 3.8) is 0 Å². The van der Waals surface area contributed by atoms with Crippen LogP contribution in [-0.2, 0) is 0 Å². The van der Waals surface area contributed by atoms with Crippen molar-refractivity contribution in [2.45, 2.75) is 19.8 Å². The van der Waals surface area contributed by atoms with Crippen LogP contribution in [0.1, 0.15) is 25.5 Å². The first-order valence-corrected chi connectivity index (χ1v) is 6.09. The summed E-state index contributed by atoms with van der Waals surface area (Å²) in [5, 5.41) is 0. The number of pyridine rings is 1. The summed E-state index contributed by atoms with van der Waals surface area (Å²) >= 11 is 3.39. The zero-order chi connectivity index (χ0) is 12.4. The van der Waals surface area contributed by atoms with Crippen LogP contribution in [0.2, 0.25) is 0 Å². The van der Waals surface area contributed by atoms with E-state index in [1.165, 1.54) is 6.07 Å². The van der Waals surface area contributed by atoms with Gasteiger partial charge in [0.05, 0.1) is 5.69 Å². The quantitative estimate of drug-likeness (QED) is 0.926. The highest BCUT2D eigenvalue weighted by atomic mass is 79.9. The molecule has 0 unspecified atom stereocenters. The molecule has 17 heavy (non-hydrogen) atoms. The topological polar surface area (TPSA) is 58.6 Å². The van der Waals surface area contributed by atoms with Crippen molar-refractivity contribution in [2.24, 2.45) is 0 Å². The third-order valence-electron chi connectivity index (χ3n) is 2.34. The molecule has 0 saturated carbocycles. The van der Waals surface area contributed by atoms with Crippen molar-refractivity contribution in [1.29, 1.82) is 0 Å². The van der Waals surface area contributed by atoms with Crippen molar-refractivity contribution < 1.29 is 0 Å². The monoisotopic (exact) mass is 293 g/mol. The van der Waals surface area contributed by atoms with Gasteiger partial charge in [0.1, 0.15) is 5.69 Å². The molecule has 2 aromatic heterocycles. The molecule has 0 radical (unpaired) electrons. The second kappa shape index (κ2) is 4.79. The van der Waals surface area contributed by atoms with Gasteiger partial charge in [0.15, 0.2) is 5.82 Å². The maximum atomic E-state index is 11.6. The fraction of sp³-hybridized carbons (Fsp3) is 0.250. The summed E-state index contributed by atoms with van der Waals surface area (Å²) in [4.78, 5) is 22.9. The Morgan fingerprint density at radius 1 is 1.41 bits per heavy atom. The summed E-state index contributed by atoms with van der Waals surface area (Å²) in [5.74, 6) is 0.701. The average molecular weight is 294 g/mol. The van der Waals surface area contributed by atoms with Gasteiger partial charge < -0.3 is 4.98 Å². The van der Waals surface area contributed by atoms with Crippen LogP contribution in [-0.4, -0.2) is 15.0 Å². The van der Waals surface area contributed by atoms with Gasteiger partial charge >= 0.3 is 0 Å². The molecule has 0 bridgehead atoms. The van der Waals surface area contributed by atoms with Crippen molar-refractivity contribution >= 4 is 15.9 Å². The van der Waals surface area contributed by atoms with Crippen LogP contribution in [0.15, 0.2) is 33.7 Å². The number of halogens is 1. The van der Waals surface area contributed by atoms with Gasteiger partial charge in [-0.1, -0.05) is 13.8 Å². The van der Waals surface area contributed by atoms with Crippen LogP contribution in [0, 0.1) is 0 Å². The maximum Gasteiger partial charge on any atom is 0.251 e. The van der Waals surface area contributed by atoms with Crippen LogP contribution in [0.5, 0.6) is 0 Å². The van der Waals surface area contributed by atoms with Gasteiger partial charge in [0.2, 0.25) is 0 Å². The average Bonchev–Trinajstić information content (AvgIpc) is 2.28. The number of hydrogen-bond acceptors (Lipinski definition) is 3. The molecule has 1 N–H and O–H groups in total. The van der Waals surface area contributed by atoms with Crippen molar-refractivity contribution in [3.8, 4) is 11.5 Å². The molecule has 2 rings (SSSR count). The number of aromatic nitrogens is 3. The van der Waals surface area contributed by atoms with E-state index in [9.17, 15) is 4.79 Å². The molecule has 5 heteroatoms. The smallest absolute Gasteiger partial charge is 0.251 e. The predicted molar refractivity (Wildman–Crippen MR) is 69.9 cm³/mol. The van der Waals surface area contributed by atoms with E-state index in [4.69, 9.17) is 0 Å². The summed E-state index contributed by atoms with van der Waals surface area (Å²) in [5.41, 5.74) is 1.25. The van der Waals surface area contributed by atoms with Crippen molar-refractivity contribution in [3.05, 3.63) is 44.9 Å². The summed E-state index contributed by atoms with van der Waals surface area (Å²) in [7, 11) is 0. The van der Waals surface area contributed by atoms with Crippen molar-refractivity contribution in [1.82, 2.24) is 15.0 Å². The maximum absolute atomic E-state index is 11.6. The Labute approximate surface area is 107 Å². The van der Waals surface area contributed by atoms with Crippen LogP contribution in [0.3, 0.4) is 0 Å². The normalized spacial score (nSPS) is 10.8. The minimum absolute atomic E-state index is 0.156. The molecule has 88 valence electrons. The van der Waals surface area contributed by atoms with E-state index >= 15 is 0 Å². The standard InChI is InChI=1S/C12H12BrN3O/c1-7(2)9-6-10(17)16-12(15-9)11-8(13)4-3-5-14-11/h3-7H,1-2H3,(H,15,16,17). The largest absolute Gasteiger partial charge is 0.305 e. The first kappa shape index (κ1) is 12.0. The van der Waals surface area contributed by atoms with E-state index in [0.717, 1.165) is 10.2 Å². The van der Waals surface area contributed by atoms with Gasteiger partial charge in [0, 0.05) is 16.7 Å². The fourth-order valence-electron chi connectivity index (χ4n) is 1.44. The molecule has 0 aromatic carbocycles. The lowest BCUT2D eigenvalue weighted by molar-refractivity contribution is 0.811. The molecule has 0 saturated heterocycles. The third kappa shape index (κ3) is 2.61. The predicted octanol–water partition coefficient (Wildman–Crippen LogP) is 2.72. The lowest BCUT2D eigenvalue weighted by Gasteiger charge is -2.07. The zero-order valence-corrected chi connectivity index (χ0v) is 11.2. The van der Waals surface area contributed by atoms with Crippen LogP contribution in [0.25, 0.3) is 11.5 Å². The van der Waals surface area contributed by atoms with Crippen molar-refractivity contribution in [2.75, 3.05) is 0 Å². The van der Waals surface area contributed by atoms with Gasteiger partial charge in [-0.05, 0) is 34.0 Å². The van der Waals surface area contributed by atoms with E-state index < -0.39 is 0 Å². The van der Waals surface area contributed by atoms with Crippen LogP contribution < -0.4 is 5.56 Å². The number of nitrogens with zero attached hydrogens (tertiary/aromatic N) is 2. The van der Waals surface area contributed by atoms with E-state index in [0.29, 0.717) is 11.5 Å². The number of hydrogen-bond donors (Lipinski definition) is 1. The molecule has 0 aliphatic heterocycles. The summed E-state index contributed by atoms with van der Waals surface area (Å²) < 4.78 is 0.809. The first-order chi connectivity index (χ1) is 8.08. The van der Waals surface area contributed by atoms with Gasteiger partial charge in [-0.25, -0.2) is 4.98 Å². The molecule has 0 aliphatic carbocycles. The zero-order valence-electron chi connectivity index (χ0n) is 9.57. The Morgan fingerprint density at radius 2 is 2.18 bits per heavy atom. The fourth-order valence-corrected chi connectivity index (χ4v) is 1.89. The third-order valence-corrected chi connectivity index (χ3v) is 2.98. The summed E-state index contributed by atoms with van der Waals surface area (Å²) in [6.07, 6.45) is 1.67. The van der Waals surface area contributed by atoms with Gasteiger partial charge in [-0.15, -0.1) is 0 Å². The highest BCUT2D eigenvalue weighted by Crippen LogP contribution is 2.22. The molecule has 2 heterocycles. The Bertz CT molecular complexity index is 592. The SMILES string of the molecule is CC(C)c1cc(=O)[nH]c(-c2ncccc2Br)n1. The Morgan fingerprint density at radius 3 is 2.82 bits per heavy atom. The highest BCUT2D eigenvalue weighted by Gasteiger charge is 2.10. The molecule has 4 nitrogen and oxygen atoms in total. The second-order valence-corrected chi connectivity index (χ2v) is 4.86. The van der Waals surface area contributed by atoms with E-state index in [2.05, 4.69) is 30.9 Å². The van der Waals surface area contributed by atoms with Crippen LogP contribution in [0.4, 0.5) is 0 Å². The first-order valence-electron chi connectivity index (χ1n) is 5.30. The molecular weight excluding hydrogens is 282 g/mol. The molecule has 0 fully saturated rings. The van der Waals surface area contributed by atoms with Gasteiger partial charge in [-0.3, -0.25) is 9.78 Å². The lowest BCUT2D eigenvalue weighted by Crippen LogP contribution is -2.11. The molecule has 2 aromatic rings. The van der Waals surface area contributed by atoms with E-state index in [1.807, 2.05) is 26.0 Å². The molecule has 0 atom stereocenters. The molecule has 0 amide bonds. The molecule has 0 spiro atoms. The molecular formula is C12H12BrN3O. The van der Waals surface area contributed by atoms with Gasteiger partial charge in [0.25, 0.3) is 5.56 Å². The highest BCUT2D eigenvalue weighted by molar-refractivity contribution is 9.10. The summed E-state index contributed by atoms with van der Waals surface area (Å²) in [6, 6.07) is 5.20. The Hall–Kier alpha value is -1.49. The Balaban J connectivity index is 2.60. The number of H-pyrrole nitrogens is 1. The number of aromatic amines is 1.